The van der Waals surface area contributed by atoms with Crippen LogP contribution in [-0.4, -0.2) is 60.8 Å². The maximum atomic E-state index is 5.48. The lowest BCUT2D eigenvalue weighted by molar-refractivity contribution is 0.122. The van der Waals surface area contributed by atoms with Crippen molar-refractivity contribution in [1.29, 1.82) is 0 Å². The predicted molar refractivity (Wildman–Crippen MR) is 118 cm³/mol. The van der Waals surface area contributed by atoms with Gasteiger partial charge in [0.15, 0.2) is 0 Å². The second-order valence-electron chi connectivity index (χ2n) is 9.28. The second kappa shape index (κ2) is 7.50. The van der Waals surface area contributed by atoms with E-state index in [1.807, 2.05) is 0 Å². The molecule has 0 spiro atoms. The van der Waals surface area contributed by atoms with Crippen molar-refractivity contribution in [3.63, 3.8) is 0 Å². The van der Waals surface area contributed by atoms with Crippen molar-refractivity contribution in [3.05, 3.63) is 46.8 Å². The molecule has 1 aromatic carbocycles. The monoisotopic (exact) mass is 405 g/mol. The summed E-state index contributed by atoms with van der Waals surface area (Å²) in [4.78, 5) is 17.2. The van der Waals surface area contributed by atoms with Gasteiger partial charge in [-0.1, -0.05) is 12.1 Å². The summed E-state index contributed by atoms with van der Waals surface area (Å²) < 4.78 is 5.48. The number of aryl methyl sites for hydroxylation is 1. The number of aromatic nitrogens is 2. The summed E-state index contributed by atoms with van der Waals surface area (Å²) in [6, 6.07) is 8.21. The van der Waals surface area contributed by atoms with Crippen molar-refractivity contribution < 1.29 is 4.74 Å². The number of morpholine rings is 1. The Bertz CT molecular complexity index is 941. The van der Waals surface area contributed by atoms with Crippen LogP contribution in [0.3, 0.4) is 0 Å². The van der Waals surface area contributed by atoms with Crippen molar-refractivity contribution in [2.75, 3.05) is 49.7 Å². The van der Waals surface area contributed by atoms with Gasteiger partial charge in [0, 0.05) is 69.2 Å². The molecule has 0 aliphatic carbocycles. The summed E-state index contributed by atoms with van der Waals surface area (Å²) in [5, 5.41) is 0. The number of anilines is 2. The average molecular weight is 406 g/mol. The molecule has 4 aliphatic rings. The third-order valence-corrected chi connectivity index (χ3v) is 7.47. The van der Waals surface area contributed by atoms with Crippen LogP contribution in [-0.2, 0) is 24.1 Å². The minimum atomic E-state index is 0.469. The molecule has 30 heavy (non-hydrogen) atoms. The number of hydrogen-bond donors (Lipinski definition) is 0. The van der Waals surface area contributed by atoms with Crippen molar-refractivity contribution >= 4 is 11.6 Å². The Kier molecular flexibility index (Phi) is 4.65. The van der Waals surface area contributed by atoms with Crippen LogP contribution in [0, 0.1) is 0 Å². The zero-order chi connectivity index (χ0) is 20.1. The molecule has 0 amide bonds. The first-order valence-electron chi connectivity index (χ1n) is 11.5. The van der Waals surface area contributed by atoms with Gasteiger partial charge in [-0.15, -0.1) is 0 Å². The Morgan fingerprint density at radius 1 is 1.13 bits per heavy atom. The van der Waals surface area contributed by atoms with Gasteiger partial charge >= 0.3 is 0 Å². The quantitative estimate of drug-likeness (QED) is 0.782. The highest BCUT2D eigenvalue weighted by molar-refractivity contribution is 5.56. The number of hydrogen-bond acceptors (Lipinski definition) is 6. The summed E-state index contributed by atoms with van der Waals surface area (Å²) in [7, 11) is 2.21. The number of rotatable bonds is 3. The van der Waals surface area contributed by atoms with Gasteiger partial charge in [0.1, 0.15) is 0 Å². The van der Waals surface area contributed by atoms with Crippen LogP contribution >= 0.6 is 0 Å². The van der Waals surface area contributed by atoms with Crippen LogP contribution in [0.25, 0.3) is 0 Å². The summed E-state index contributed by atoms with van der Waals surface area (Å²) >= 11 is 0. The first-order valence-corrected chi connectivity index (χ1v) is 11.5. The fourth-order valence-corrected chi connectivity index (χ4v) is 5.87. The van der Waals surface area contributed by atoms with E-state index in [4.69, 9.17) is 14.7 Å². The fraction of sp³-hybridized carbons (Fsp3) is 0.583. The van der Waals surface area contributed by atoms with Gasteiger partial charge < -0.3 is 14.5 Å². The van der Waals surface area contributed by atoms with E-state index in [2.05, 4.69) is 46.1 Å². The normalized spacial score (nSPS) is 25.9. The molecule has 2 fully saturated rings. The third-order valence-electron chi connectivity index (χ3n) is 7.47. The molecule has 2 unspecified atom stereocenters. The molecule has 1 aromatic heterocycles. The third kappa shape index (κ3) is 3.17. The molecule has 6 rings (SSSR count). The molecule has 158 valence electrons. The van der Waals surface area contributed by atoms with E-state index >= 15 is 0 Å². The van der Waals surface area contributed by atoms with Gasteiger partial charge in [0.05, 0.1) is 18.9 Å². The molecular formula is C24H31N5O. The Morgan fingerprint density at radius 2 is 2.03 bits per heavy atom. The zero-order valence-corrected chi connectivity index (χ0v) is 17.9. The van der Waals surface area contributed by atoms with E-state index < -0.39 is 0 Å². The Hall–Kier alpha value is -2.18. The summed E-state index contributed by atoms with van der Waals surface area (Å²) in [6.07, 6.45) is 8.14. The molecule has 0 N–H and O–H groups in total. The lowest BCUT2D eigenvalue weighted by Crippen LogP contribution is -2.40. The van der Waals surface area contributed by atoms with E-state index in [1.165, 1.54) is 60.3 Å². The number of nitrogens with zero attached hydrogens (tertiary/aromatic N) is 5. The highest BCUT2D eigenvalue weighted by Crippen LogP contribution is 2.44. The fourth-order valence-electron chi connectivity index (χ4n) is 5.87. The molecule has 2 bridgehead atoms. The van der Waals surface area contributed by atoms with Crippen LogP contribution in [0.1, 0.15) is 47.7 Å². The molecule has 2 aromatic rings. The number of ether oxygens (including phenoxy) is 1. The van der Waals surface area contributed by atoms with E-state index in [-0.39, 0.29) is 0 Å². The second-order valence-corrected chi connectivity index (χ2v) is 9.28. The lowest BCUT2D eigenvalue weighted by Gasteiger charge is -2.36. The Morgan fingerprint density at radius 3 is 2.93 bits per heavy atom. The van der Waals surface area contributed by atoms with Crippen LogP contribution in [0.2, 0.25) is 0 Å². The van der Waals surface area contributed by atoms with Gasteiger partial charge in [-0.2, -0.15) is 0 Å². The van der Waals surface area contributed by atoms with Gasteiger partial charge in [0.2, 0.25) is 5.95 Å². The van der Waals surface area contributed by atoms with Gasteiger partial charge in [-0.3, -0.25) is 4.90 Å². The molecule has 6 nitrogen and oxygen atoms in total. The van der Waals surface area contributed by atoms with E-state index in [1.54, 1.807) is 0 Å². The Balaban J connectivity index is 1.24. The maximum absolute atomic E-state index is 5.48. The summed E-state index contributed by atoms with van der Waals surface area (Å²) in [5.74, 6) is 0.892. The van der Waals surface area contributed by atoms with Gasteiger partial charge in [-0.05, 0) is 42.9 Å². The minimum Gasteiger partial charge on any atom is -0.378 e. The topological polar surface area (TPSA) is 44.7 Å². The van der Waals surface area contributed by atoms with Crippen LogP contribution in [0.15, 0.2) is 24.4 Å². The van der Waals surface area contributed by atoms with Crippen molar-refractivity contribution in [3.8, 4) is 0 Å². The minimum absolute atomic E-state index is 0.469. The summed E-state index contributed by atoms with van der Waals surface area (Å²) in [5.41, 5.74) is 7.03. The average Bonchev–Trinajstić information content (AvgIpc) is 3.05. The van der Waals surface area contributed by atoms with Gasteiger partial charge in [0.25, 0.3) is 0 Å². The number of fused-ring (bicyclic) bond motifs is 5. The molecular weight excluding hydrogens is 374 g/mol. The molecule has 2 atom stereocenters. The van der Waals surface area contributed by atoms with E-state index in [9.17, 15) is 0 Å². The molecule has 0 saturated carbocycles. The molecule has 2 saturated heterocycles. The van der Waals surface area contributed by atoms with Crippen molar-refractivity contribution in [1.82, 2.24) is 14.9 Å². The highest BCUT2D eigenvalue weighted by atomic mass is 16.5. The zero-order valence-electron chi connectivity index (χ0n) is 17.9. The summed E-state index contributed by atoms with van der Waals surface area (Å²) in [6.45, 7) is 5.55. The SMILES string of the molecule is CN1CCCc2cc(CN3C4CCC3c3cnc(N5CCOCC5)nc3C4)ccc21. The molecule has 5 heterocycles. The smallest absolute Gasteiger partial charge is 0.225 e. The highest BCUT2D eigenvalue weighted by Gasteiger charge is 2.41. The molecule has 0 radical (unpaired) electrons. The van der Waals surface area contributed by atoms with E-state index in [0.717, 1.165) is 45.2 Å². The van der Waals surface area contributed by atoms with Crippen molar-refractivity contribution in [2.24, 2.45) is 0 Å². The first kappa shape index (κ1) is 18.6. The largest absolute Gasteiger partial charge is 0.378 e. The van der Waals surface area contributed by atoms with Crippen LogP contribution in [0.4, 0.5) is 11.6 Å². The maximum Gasteiger partial charge on any atom is 0.225 e. The van der Waals surface area contributed by atoms with Crippen LogP contribution in [0.5, 0.6) is 0 Å². The lowest BCUT2D eigenvalue weighted by atomic mass is 9.96. The Labute approximate surface area is 178 Å². The first-order chi connectivity index (χ1) is 14.8. The van der Waals surface area contributed by atoms with Crippen molar-refractivity contribution in [2.45, 2.75) is 50.7 Å². The van der Waals surface area contributed by atoms with E-state index in [0.29, 0.717) is 12.1 Å². The van der Waals surface area contributed by atoms with Gasteiger partial charge in [-0.25, -0.2) is 9.97 Å². The molecule has 6 heteroatoms. The molecule has 4 aliphatic heterocycles. The predicted octanol–water partition coefficient (Wildman–Crippen LogP) is 2.96. The number of benzene rings is 1. The van der Waals surface area contributed by atoms with Crippen LogP contribution < -0.4 is 9.80 Å². The standard InChI is InChI=1S/C24H31N5O/c1-27-8-2-3-18-13-17(4-6-22(18)27)16-29-19-5-7-23(29)20-15-25-24(26-21(20)14-19)28-9-11-30-12-10-28/h4,6,13,15,19,23H,2-3,5,7-12,14,16H2,1H3.